The molecule has 0 unspecified atom stereocenters. The Kier molecular flexibility index (Phi) is 3.93. The third-order valence-corrected chi connectivity index (χ3v) is 2.18. The van der Waals surface area contributed by atoms with Crippen molar-refractivity contribution in [2.75, 3.05) is 6.54 Å². The minimum absolute atomic E-state index is 0.314. The first-order valence-corrected chi connectivity index (χ1v) is 4.60. The van der Waals surface area contributed by atoms with Crippen LogP contribution in [0.5, 0.6) is 0 Å². The average molecular weight is 221 g/mol. The van der Waals surface area contributed by atoms with E-state index in [2.05, 4.69) is 4.98 Å². The molecular formula is C8H10Cl2N2O. The minimum atomic E-state index is -0.665. The van der Waals surface area contributed by atoms with Gasteiger partial charge < -0.3 is 10.8 Å². The van der Waals surface area contributed by atoms with Crippen LogP contribution in [-0.4, -0.2) is 16.6 Å². The molecule has 0 saturated carbocycles. The number of nitrogens with zero attached hydrogens (tertiary/aromatic N) is 1. The standard InChI is InChI=1S/C8H10Cl2N2O/c9-6-3-8(10)12-4-5(6)7(13)1-2-11/h3-4,7,13H,1-2,11H2/t7-/m0/s1. The first-order chi connectivity index (χ1) is 6.15. The Morgan fingerprint density at radius 2 is 2.23 bits per heavy atom. The lowest BCUT2D eigenvalue weighted by Gasteiger charge is -2.10. The quantitative estimate of drug-likeness (QED) is 0.764. The van der Waals surface area contributed by atoms with E-state index in [9.17, 15) is 5.11 Å². The number of rotatable bonds is 3. The average Bonchev–Trinajstić information content (AvgIpc) is 2.04. The van der Waals surface area contributed by atoms with Crippen molar-refractivity contribution < 1.29 is 5.11 Å². The highest BCUT2D eigenvalue weighted by Gasteiger charge is 2.11. The molecule has 0 bridgehead atoms. The second kappa shape index (κ2) is 4.77. The zero-order chi connectivity index (χ0) is 9.84. The lowest BCUT2D eigenvalue weighted by molar-refractivity contribution is 0.170. The molecule has 13 heavy (non-hydrogen) atoms. The van der Waals surface area contributed by atoms with Gasteiger partial charge >= 0.3 is 0 Å². The smallest absolute Gasteiger partial charge is 0.130 e. The molecule has 0 fully saturated rings. The maximum atomic E-state index is 9.54. The van der Waals surface area contributed by atoms with Crippen LogP contribution in [-0.2, 0) is 0 Å². The van der Waals surface area contributed by atoms with Crippen molar-refractivity contribution in [1.29, 1.82) is 0 Å². The highest BCUT2D eigenvalue weighted by molar-refractivity contribution is 6.34. The van der Waals surface area contributed by atoms with Crippen LogP contribution >= 0.6 is 23.2 Å². The van der Waals surface area contributed by atoms with Crippen LogP contribution in [0.25, 0.3) is 0 Å². The molecule has 1 heterocycles. The summed E-state index contributed by atoms with van der Waals surface area (Å²) in [6.45, 7) is 0.403. The monoisotopic (exact) mass is 220 g/mol. The van der Waals surface area contributed by atoms with Gasteiger partial charge in [-0.1, -0.05) is 23.2 Å². The van der Waals surface area contributed by atoms with E-state index in [1.807, 2.05) is 0 Å². The van der Waals surface area contributed by atoms with E-state index in [4.69, 9.17) is 28.9 Å². The maximum Gasteiger partial charge on any atom is 0.130 e. The SMILES string of the molecule is NCC[C@H](O)c1cnc(Cl)cc1Cl. The molecule has 0 aliphatic heterocycles. The van der Waals surface area contributed by atoms with Crippen molar-refractivity contribution >= 4 is 23.2 Å². The molecule has 5 heteroatoms. The van der Waals surface area contributed by atoms with Crippen LogP contribution < -0.4 is 5.73 Å². The van der Waals surface area contributed by atoms with Gasteiger partial charge in [0.25, 0.3) is 0 Å². The molecule has 72 valence electrons. The number of aliphatic hydroxyl groups is 1. The van der Waals surface area contributed by atoms with Crippen molar-refractivity contribution in [2.45, 2.75) is 12.5 Å². The molecule has 0 spiro atoms. The van der Waals surface area contributed by atoms with Gasteiger partial charge in [-0.3, -0.25) is 0 Å². The normalized spacial score (nSPS) is 12.9. The van der Waals surface area contributed by atoms with E-state index in [0.29, 0.717) is 28.7 Å². The van der Waals surface area contributed by atoms with E-state index < -0.39 is 6.10 Å². The maximum absolute atomic E-state index is 9.54. The van der Waals surface area contributed by atoms with Gasteiger partial charge in [-0.15, -0.1) is 0 Å². The summed E-state index contributed by atoms with van der Waals surface area (Å²) in [5.74, 6) is 0. The fourth-order valence-electron chi connectivity index (χ4n) is 0.977. The van der Waals surface area contributed by atoms with E-state index in [1.54, 1.807) is 0 Å². The number of halogens is 2. The molecule has 1 aromatic rings. The molecule has 3 nitrogen and oxygen atoms in total. The van der Waals surface area contributed by atoms with Crippen molar-refractivity contribution in [1.82, 2.24) is 4.98 Å². The molecule has 0 aliphatic rings. The van der Waals surface area contributed by atoms with Crippen LogP contribution in [0.4, 0.5) is 0 Å². The Labute approximate surface area is 86.5 Å². The minimum Gasteiger partial charge on any atom is -0.388 e. The Morgan fingerprint density at radius 1 is 1.54 bits per heavy atom. The van der Waals surface area contributed by atoms with Crippen molar-refractivity contribution in [2.24, 2.45) is 5.73 Å². The van der Waals surface area contributed by atoms with E-state index in [-0.39, 0.29) is 0 Å². The summed E-state index contributed by atoms with van der Waals surface area (Å²) in [6, 6.07) is 1.50. The molecule has 1 atom stereocenters. The summed E-state index contributed by atoms with van der Waals surface area (Å²) >= 11 is 11.4. The predicted octanol–water partition coefficient (Wildman–Crippen LogP) is 1.77. The van der Waals surface area contributed by atoms with E-state index >= 15 is 0 Å². The summed E-state index contributed by atoms with van der Waals surface area (Å²) in [6.07, 6.45) is 1.26. The van der Waals surface area contributed by atoms with Crippen LogP contribution in [0, 0.1) is 0 Å². The zero-order valence-electron chi connectivity index (χ0n) is 6.87. The number of pyridine rings is 1. The van der Waals surface area contributed by atoms with Gasteiger partial charge in [0.2, 0.25) is 0 Å². The summed E-state index contributed by atoms with van der Waals surface area (Å²) < 4.78 is 0. The Balaban J connectivity index is 2.88. The molecule has 0 aromatic carbocycles. The lowest BCUT2D eigenvalue weighted by Crippen LogP contribution is -2.07. The summed E-state index contributed by atoms with van der Waals surface area (Å²) in [5, 5.41) is 10.3. The molecule has 0 saturated heterocycles. The molecule has 3 N–H and O–H groups in total. The van der Waals surface area contributed by atoms with Gasteiger partial charge in [0.15, 0.2) is 0 Å². The van der Waals surface area contributed by atoms with Crippen LogP contribution in [0.3, 0.4) is 0 Å². The number of hydrogen-bond acceptors (Lipinski definition) is 3. The predicted molar refractivity (Wildman–Crippen MR) is 52.9 cm³/mol. The second-order valence-corrected chi connectivity index (χ2v) is 3.42. The van der Waals surface area contributed by atoms with Crippen molar-refractivity contribution in [3.8, 4) is 0 Å². The van der Waals surface area contributed by atoms with Gasteiger partial charge in [-0.05, 0) is 19.0 Å². The highest BCUT2D eigenvalue weighted by atomic mass is 35.5. The van der Waals surface area contributed by atoms with Crippen LogP contribution in [0.1, 0.15) is 18.1 Å². The van der Waals surface area contributed by atoms with Gasteiger partial charge in [0.05, 0.1) is 11.1 Å². The third kappa shape index (κ3) is 2.81. The van der Waals surface area contributed by atoms with Crippen LogP contribution in [0.2, 0.25) is 10.2 Å². The number of nitrogens with two attached hydrogens (primary N) is 1. The van der Waals surface area contributed by atoms with Gasteiger partial charge in [-0.2, -0.15) is 0 Å². The first kappa shape index (κ1) is 10.7. The third-order valence-electron chi connectivity index (χ3n) is 1.65. The topological polar surface area (TPSA) is 59.1 Å². The largest absolute Gasteiger partial charge is 0.388 e. The fraction of sp³-hybridized carbons (Fsp3) is 0.375. The molecular weight excluding hydrogens is 211 g/mol. The Hall–Kier alpha value is -0.350. The summed E-state index contributed by atoms with van der Waals surface area (Å²) in [5.41, 5.74) is 5.86. The number of aromatic nitrogens is 1. The van der Waals surface area contributed by atoms with Crippen LogP contribution in [0.15, 0.2) is 12.3 Å². The fourth-order valence-corrected chi connectivity index (χ4v) is 1.47. The Bertz CT molecular complexity index is 293. The van der Waals surface area contributed by atoms with Crippen molar-refractivity contribution in [3.05, 3.63) is 28.0 Å². The van der Waals surface area contributed by atoms with Gasteiger partial charge in [0.1, 0.15) is 5.15 Å². The number of aliphatic hydroxyl groups excluding tert-OH is 1. The van der Waals surface area contributed by atoms with Crippen molar-refractivity contribution in [3.63, 3.8) is 0 Å². The zero-order valence-corrected chi connectivity index (χ0v) is 8.39. The van der Waals surface area contributed by atoms with Gasteiger partial charge in [-0.25, -0.2) is 4.98 Å². The highest BCUT2D eigenvalue weighted by Crippen LogP contribution is 2.25. The summed E-state index contributed by atoms with van der Waals surface area (Å²) in [4.78, 5) is 3.82. The number of hydrogen-bond donors (Lipinski definition) is 2. The van der Waals surface area contributed by atoms with Gasteiger partial charge in [0, 0.05) is 11.8 Å². The van der Waals surface area contributed by atoms with E-state index in [1.165, 1.54) is 12.3 Å². The van der Waals surface area contributed by atoms with E-state index in [0.717, 1.165) is 0 Å². The lowest BCUT2D eigenvalue weighted by atomic mass is 10.1. The Morgan fingerprint density at radius 3 is 2.77 bits per heavy atom. The molecule has 0 aliphatic carbocycles. The molecule has 1 aromatic heterocycles. The molecule has 1 rings (SSSR count). The summed E-state index contributed by atoms with van der Waals surface area (Å²) in [7, 11) is 0. The molecule has 0 amide bonds. The molecule has 0 radical (unpaired) electrons. The second-order valence-electron chi connectivity index (χ2n) is 2.62. The first-order valence-electron chi connectivity index (χ1n) is 3.84.